The lowest BCUT2D eigenvalue weighted by Gasteiger charge is -2.10. The van der Waals surface area contributed by atoms with Gasteiger partial charge in [-0.25, -0.2) is 4.68 Å². The standard InChI is InChI=1S/C15H18F3N3/c1-3-6-19-8-12-5-4-11(2)14(7-12)21-10-13(9-20-21)15(16,17)18/h4-5,7,9-10,19H,3,6,8H2,1-2H3. The van der Waals surface area contributed by atoms with Gasteiger partial charge in [-0.05, 0) is 37.1 Å². The van der Waals surface area contributed by atoms with Crippen LogP contribution in [0.5, 0.6) is 0 Å². The highest BCUT2D eigenvalue weighted by Gasteiger charge is 2.32. The van der Waals surface area contributed by atoms with Gasteiger partial charge in [-0.2, -0.15) is 18.3 Å². The van der Waals surface area contributed by atoms with Gasteiger partial charge in [-0.15, -0.1) is 0 Å². The van der Waals surface area contributed by atoms with Crippen LogP contribution >= 0.6 is 0 Å². The van der Waals surface area contributed by atoms with Crippen molar-refractivity contribution in [3.63, 3.8) is 0 Å². The van der Waals surface area contributed by atoms with Gasteiger partial charge in [0.15, 0.2) is 0 Å². The first-order valence-corrected chi connectivity index (χ1v) is 6.84. The molecule has 0 saturated carbocycles. The molecule has 2 rings (SSSR count). The fourth-order valence-corrected chi connectivity index (χ4v) is 2.02. The van der Waals surface area contributed by atoms with Crippen molar-refractivity contribution in [1.82, 2.24) is 15.1 Å². The fraction of sp³-hybridized carbons (Fsp3) is 0.400. The molecule has 0 radical (unpaired) electrons. The predicted molar refractivity (Wildman–Crippen MR) is 75.3 cm³/mol. The number of benzene rings is 1. The van der Waals surface area contributed by atoms with E-state index >= 15 is 0 Å². The molecule has 2 aromatic rings. The molecule has 1 N–H and O–H groups in total. The topological polar surface area (TPSA) is 29.9 Å². The van der Waals surface area contributed by atoms with E-state index in [2.05, 4.69) is 17.3 Å². The van der Waals surface area contributed by atoms with Gasteiger partial charge in [-0.1, -0.05) is 19.1 Å². The molecule has 21 heavy (non-hydrogen) atoms. The average molecular weight is 297 g/mol. The number of hydrogen-bond acceptors (Lipinski definition) is 2. The van der Waals surface area contributed by atoms with E-state index < -0.39 is 11.7 Å². The van der Waals surface area contributed by atoms with Crippen molar-refractivity contribution in [2.45, 2.75) is 33.0 Å². The zero-order valence-electron chi connectivity index (χ0n) is 12.0. The number of aryl methyl sites for hydroxylation is 1. The number of alkyl halides is 3. The Morgan fingerprint density at radius 2 is 2.05 bits per heavy atom. The molecule has 0 aliphatic carbocycles. The Kier molecular flexibility index (Phi) is 4.67. The van der Waals surface area contributed by atoms with Crippen molar-refractivity contribution < 1.29 is 13.2 Å². The van der Waals surface area contributed by atoms with Gasteiger partial charge in [-0.3, -0.25) is 0 Å². The molecule has 0 amide bonds. The average Bonchev–Trinajstić information content (AvgIpc) is 2.90. The first kappa shape index (κ1) is 15.6. The Labute approximate surface area is 121 Å². The molecule has 1 aromatic carbocycles. The molecule has 0 fully saturated rings. The first-order valence-electron chi connectivity index (χ1n) is 6.84. The van der Waals surface area contributed by atoms with Gasteiger partial charge < -0.3 is 5.32 Å². The summed E-state index contributed by atoms with van der Waals surface area (Å²) in [6.45, 7) is 5.53. The lowest BCUT2D eigenvalue weighted by Crippen LogP contribution is -2.14. The molecule has 0 spiro atoms. The number of hydrogen-bond donors (Lipinski definition) is 1. The minimum absolute atomic E-state index is 0.668. The summed E-state index contributed by atoms with van der Waals surface area (Å²) in [6, 6.07) is 5.73. The Balaban J connectivity index is 2.26. The zero-order valence-corrected chi connectivity index (χ0v) is 12.0. The van der Waals surface area contributed by atoms with Crippen LogP contribution < -0.4 is 5.32 Å². The maximum absolute atomic E-state index is 12.6. The van der Waals surface area contributed by atoms with Gasteiger partial charge in [0.1, 0.15) is 0 Å². The highest BCUT2D eigenvalue weighted by atomic mass is 19.4. The lowest BCUT2D eigenvalue weighted by molar-refractivity contribution is -0.137. The van der Waals surface area contributed by atoms with Gasteiger partial charge >= 0.3 is 6.18 Å². The zero-order chi connectivity index (χ0) is 15.5. The summed E-state index contributed by atoms with van der Waals surface area (Å²) in [5.74, 6) is 0. The molecule has 0 aliphatic heterocycles. The SMILES string of the molecule is CCCNCc1ccc(C)c(-n2cc(C(F)(F)F)cn2)c1. The van der Waals surface area contributed by atoms with E-state index in [0.717, 1.165) is 36.5 Å². The van der Waals surface area contributed by atoms with E-state index in [1.54, 1.807) is 0 Å². The smallest absolute Gasteiger partial charge is 0.313 e. The molecular weight excluding hydrogens is 279 g/mol. The predicted octanol–water partition coefficient (Wildman–Crippen LogP) is 3.70. The van der Waals surface area contributed by atoms with Crippen LogP contribution in [0.1, 0.15) is 30.0 Å². The molecular formula is C15H18F3N3. The van der Waals surface area contributed by atoms with Crippen molar-refractivity contribution in [3.05, 3.63) is 47.3 Å². The highest BCUT2D eigenvalue weighted by molar-refractivity contribution is 5.43. The maximum atomic E-state index is 12.6. The van der Waals surface area contributed by atoms with E-state index in [1.807, 2.05) is 25.1 Å². The van der Waals surface area contributed by atoms with Crippen LogP contribution in [0.15, 0.2) is 30.6 Å². The Morgan fingerprint density at radius 1 is 1.29 bits per heavy atom. The van der Waals surface area contributed by atoms with E-state index in [9.17, 15) is 13.2 Å². The molecule has 6 heteroatoms. The van der Waals surface area contributed by atoms with Gasteiger partial charge in [0.25, 0.3) is 0 Å². The summed E-state index contributed by atoms with van der Waals surface area (Å²) in [6.07, 6.45) is -1.47. The second kappa shape index (κ2) is 6.30. The number of rotatable bonds is 5. The van der Waals surface area contributed by atoms with Crippen molar-refractivity contribution in [2.24, 2.45) is 0 Å². The Bertz CT molecular complexity index is 602. The van der Waals surface area contributed by atoms with Crippen LogP contribution in [0.3, 0.4) is 0 Å². The van der Waals surface area contributed by atoms with Crippen LogP contribution in [-0.4, -0.2) is 16.3 Å². The Morgan fingerprint density at radius 3 is 2.67 bits per heavy atom. The largest absolute Gasteiger partial charge is 0.419 e. The Hall–Kier alpha value is -1.82. The summed E-state index contributed by atoms with van der Waals surface area (Å²) < 4.78 is 39.2. The highest BCUT2D eigenvalue weighted by Crippen LogP contribution is 2.29. The fourth-order valence-electron chi connectivity index (χ4n) is 2.02. The van der Waals surface area contributed by atoms with Crippen LogP contribution in [0.25, 0.3) is 5.69 Å². The van der Waals surface area contributed by atoms with E-state index in [0.29, 0.717) is 12.2 Å². The van der Waals surface area contributed by atoms with E-state index in [-0.39, 0.29) is 0 Å². The van der Waals surface area contributed by atoms with Crippen molar-refractivity contribution in [2.75, 3.05) is 6.54 Å². The number of aromatic nitrogens is 2. The molecule has 0 aliphatic rings. The van der Waals surface area contributed by atoms with Crippen LogP contribution in [0.2, 0.25) is 0 Å². The number of halogens is 3. The molecule has 1 aromatic heterocycles. The lowest BCUT2D eigenvalue weighted by atomic mass is 10.1. The summed E-state index contributed by atoms with van der Waals surface area (Å²) in [5, 5.41) is 7.10. The monoisotopic (exact) mass is 297 g/mol. The number of nitrogens with zero attached hydrogens (tertiary/aromatic N) is 2. The number of nitrogens with one attached hydrogen (secondary N) is 1. The van der Waals surface area contributed by atoms with Gasteiger partial charge in [0.05, 0.1) is 17.4 Å². The quantitative estimate of drug-likeness (QED) is 0.853. The summed E-state index contributed by atoms with van der Waals surface area (Å²) in [4.78, 5) is 0. The summed E-state index contributed by atoms with van der Waals surface area (Å²) >= 11 is 0. The third-order valence-electron chi connectivity index (χ3n) is 3.19. The summed E-state index contributed by atoms with van der Waals surface area (Å²) in [5.41, 5.74) is 1.83. The minimum Gasteiger partial charge on any atom is -0.313 e. The normalized spacial score (nSPS) is 11.9. The summed E-state index contributed by atoms with van der Waals surface area (Å²) in [7, 11) is 0. The maximum Gasteiger partial charge on any atom is 0.419 e. The minimum atomic E-state index is -4.37. The van der Waals surface area contributed by atoms with Crippen molar-refractivity contribution in [3.8, 4) is 5.69 Å². The molecule has 0 bridgehead atoms. The van der Waals surface area contributed by atoms with E-state index in [1.165, 1.54) is 4.68 Å². The third kappa shape index (κ3) is 3.85. The molecule has 3 nitrogen and oxygen atoms in total. The van der Waals surface area contributed by atoms with E-state index in [4.69, 9.17) is 0 Å². The van der Waals surface area contributed by atoms with Crippen LogP contribution in [0.4, 0.5) is 13.2 Å². The second-order valence-corrected chi connectivity index (χ2v) is 4.97. The van der Waals surface area contributed by atoms with Crippen molar-refractivity contribution >= 4 is 0 Å². The first-order chi connectivity index (χ1) is 9.91. The molecule has 0 saturated heterocycles. The third-order valence-corrected chi connectivity index (χ3v) is 3.19. The van der Waals surface area contributed by atoms with Crippen LogP contribution in [-0.2, 0) is 12.7 Å². The molecule has 0 atom stereocenters. The van der Waals surface area contributed by atoms with Crippen molar-refractivity contribution in [1.29, 1.82) is 0 Å². The van der Waals surface area contributed by atoms with Gasteiger partial charge in [0.2, 0.25) is 0 Å². The molecule has 1 heterocycles. The van der Waals surface area contributed by atoms with Gasteiger partial charge in [0, 0.05) is 12.7 Å². The molecule has 114 valence electrons. The van der Waals surface area contributed by atoms with Crippen LogP contribution in [0, 0.1) is 6.92 Å². The second-order valence-electron chi connectivity index (χ2n) is 4.97. The molecule has 0 unspecified atom stereocenters.